The van der Waals surface area contributed by atoms with Crippen molar-refractivity contribution in [1.29, 1.82) is 0 Å². The van der Waals surface area contributed by atoms with Crippen LogP contribution in [0, 0.1) is 0 Å². The molecule has 4 rings (SSSR count). The number of amides is 1. The summed E-state index contributed by atoms with van der Waals surface area (Å²) in [4.78, 5) is 18.2. The second-order valence-corrected chi connectivity index (χ2v) is 9.77. The molecule has 3 N–H and O–H groups in total. The van der Waals surface area contributed by atoms with Crippen molar-refractivity contribution in [3.05, 3.63) is 99.5 Å². The van der Waals surface area contributed by atoms with Crippen molar-refractivity contribution in [3.63, 3.8) is 0 Å². The molecule has 1 heterocycles. The van der Waals surface area contributed by atoms with E-state index in [9.17, 15) is 18.0 Å². The van der Waals surface area contributed by atoms with Gasteiger partial charge in [0.15, 0.2) is 5.54 Å². The fourth-order valence-electron chi connectivity index (χ4n) is 4.07. The second-order valence-electron chi connectivity index (χ2n) is 8.92. The highest BCUT2D eigenvalue weighted by molar-refractivity contribution is 9.10. The molecule has 0 radical (unpaired) electrons. The molecule has 0 unspecified atom stereocenters. The van der Waals surface area contributed by atoms with Crippen molar-refractivity contribution >= 4 is 27.7 Å². The Labute approximate surface area is 232 Å². The Morgan fingerprint density at radius 1 is 1.05 bits per heavy atom. The lowest BCUT2D eigenvalue weighted by atomic mass is 9.91. The van der Waals surface area contributed by atoms with Crippen LogP contribution in [0.25, 0.3) is 0 Å². The standard InChI is InChI=1S/C28H27BrF3N3O4/c29-24-9-4-2-6-20(24)16-27(26(37)35-33-17-21-7-1-3-8-23(21)28(30,31)32)18-39-25(34-27)19-10-12-22(13-11-19)38-15-5-14-36/h1-4,6-13,33,36H,5,14-18H2,(H,35,37)/t27-/m0/s1. The highest BCUT2D eigenvalue weighted by Gasteiger charge is 2.45. The van der Waals surface area contributed by atoms with Crippen LogP contribution in [-0.2, 0) is 28.7 Å². The van der Waals surface area contributed by atoms with Crippen molar-refractivity contribution in [2.24, 2.45) is 4.99 Å². The summed E-state index contributed by atoms with van der Waals surface area (Å²) in [6.07, 6.45) is -3.81. The molecule has 0 aliphatic carbocycles. The first-order valence-corrected chi connectivity index (χ1v) is 13.0. The fourth-order valence-corrected chi connectivity index (χ4v) is 4.50. The number of nitrogens with zero attached hydrogens (tertiary/aromatic N) is 1. The van der Waals surface area contributed by atoms with Crippen LogP contribution in [-0.4, -0.2) is 42.3 Å². The third-order valence-corrected chi connectivity index (χ3v) is 6.88. The SMILES string of the molecule is O=C(NNCc1ccccc1C(F)(F)F)[C@]1(Cc2ccccc2Br)COC(c2ccc(OCCCO)cc2)=N1. The molecule has 1 atom stereocenters. The van der Waals surface area contributed by atoms with Crippen LogP contribution < -0.4 is 15.6 Å². The molecule has 0 bridgehead atoms. The number of benzene rings is 3. The Balaban J connectivity index is 1.54. The first-order chi connectivity index (χ1) is 18.7. The molecule has 0 spiro atoms. The zero-order valence-electron chi connectivity index (χ0n) is 20.8. The Kier molecular flexibility index (Phi) is 9.26. The molecule has 39 heavy (non-hydrogen) atoms. The number of carbonyl (C=O) groups is 1. The van der Waals surface area contributed by atoms with E-state index in [1.165, 1.54) is 18.2 Å². The molecule has 1 amide bonds. The number of ether oxygens (including phenoxy) is 2. The third kappa shape index (κ3) is 7.17. The lowest BCUT2D eigenvalue weighted by molar-refractivity contribution is -0.138. The highest BCUT2D eigenvalue weighted by Crippen LogP contribution is 2.32. The maximum absolute atomic E-state index is 13.5. The number of rotatable bonds is 11. The number of aliphatic hydroxyl groups is 1. The van der Waals surface area contributed by atoms with Crippen LogP contribution >= 0.6 is 15.9 Å². The van der Waals surface area contributed by atoms with Crippen molar-refractivity contribution in [1.82, 2.24) is 10.9 Å². The van der Waals surface area contributed by atoms with E-state index >= 15 is 0 Å². The van der Waals surface area contributed by atoms with Gasteiger partial charge >= 0.3 is 6.18 Å². The van der Waals surface area contributed by atoms with Crippen LogP contribution in [0.4, 0.5) is 13.2 Å². The largest absolute Gasteiger partial charge is 0.494 e. The number of hydrogen-bond acceptors (Lipinski definition) is 6. The van der Waals surface area contributed by atoms with Crippen molar-refractivity contribution in [2.45, 2.75) is 31.1 Å². The summed E-state index contributed by atoms with van der Waals surface area (Å²) in [6.45, 7) is 0.115. The van der Waals surface area contributed by atoms with Gasteiger partial charge in [0, 0.05) is 36.0 Å². The van der Waals surface area contributed by atoms with Crippen LogP contribution in [0.2, 0.25) is 0 Å². The Bertz CT molecular complexity index is 1320. The predicted molar refractivity (Wildman–Crippen MR) is 143 cm³/mol. The van der Waals surface area contributed by atoms with E-state index in [2.05, 4.69) is 31.8 Å². The number of hydrazine groups is 1. The van der Waals surface area contributed by atoms with Gasteiger partial charge in [-0.2, -0.15) is 13.2 Å². The molecular formula is C28H27BrF3N3O4. The van der Waals surface area contributed by atoms with Gasteiger partial charge in [0.05, 0.1) is 12.2 Å². The summed E-state index contributed by atoms with van der Waals surface area (Å²) < 4.78 is 52.3. The van der Waals surface area contributed by atoms with E-state index in [4.69, 9.17) is 14.6 Å². The quantitative estimate of drug-likeness (QED) is 0.215. The zero-order chi connectivity index (χ0) is 27.9. The Hall–Kier alpha value is -3.41. The van der Waals surface area contributed by atoms with E-state index in [1.807, 2.05) is 24.3 Å². The van der Waals surface area contributed by atoms with Crippen LogP contribution in [0.1, 0.15) is 28.7 Å². The summed E-state index contributed by atoms with van der Waals surface area (Å²) in [6, 6.07) is 19.6. The number of nitrogens with one attached hydrogen (secondary N) is 2. The van der Waals surface area contributed by atoms with E-state index in [-0.39, 0.29) is 37.6 Å². The van der Waals surface area contributed by atoms with Gasteiger partial charge in [0.2, 0.25) is 5.90 Å². The molecule has 0 saturated heterocycles. The highest BCUT2D eigenvalue weighted by atomic mass is 79.9. The minimum absolute atomic E-state index is 0.00156. The summed E-state index contributed by atoms with van der Waals surface area (Å²) in [5.74, 6) is 0.342. The fraction of sp³-hybridized carbons (Fsp3) is 0.286. The third-order valence-electron chi connectivity index (χ3n) is 6.10. The minimum Gasteiger partial charge on any atom is -0.494 e. The van der Waals surface area contributed by atoms with Crippen LogP contribution in [0.3, 0.4) is 0 Å². The first kappa shape index (κ1) is 28.6. The number of carbonyl (C=O) groups excluding carboxylic acids is 1. The van der Waals surface area contributed by atoms with Crippen molar-refractivity contribution < 1.29 is 32.5 Å². The average Bonchev–Trinajstić information content (AvgIpc) is 3.35. The Morgan fingerprint density at radius 2 is 1.74 bits per heavy atom. The van der Waals surface area contributed by atoms with Crippen LogP contribution in [0.15, 0.2) is 82.3 Å². The molecule has 0 aromatic heterocycles. The van der Waals surface area contributed by atoms with E-state index < -0.39 is 23.2 Å². The van der Waals surface area contributed by atoms with E-state index in [0.29, 0.717) is 24.3 Å². The predicted octanol–water partition coefficient (Wildman–Crippen LogP) is 4.81. The monoisotopic (exact) mass is 605 g/mol. The Morgan fingerprint density at radius 3 is 2.44 bits per heavy atom. The zero-order valence-corrected chi connectivity index (χ0v) is 22.4. The smallest absolute Gasteiger partial charge is 0.416 e. The summed E-state index contributed by atoms with van der Waals surface area (Å²) in [5.41, 5.74) is 4.48. The molecular weight excluding hydrogens is 579 g/mol. The number of alkyl halides is 3. The van der Waals surface area contributed by atoms with Crippen molar-refractivity contribution in [3.8, 4) is 5.75 Å². The van der Waals surface area contributed by atoms with E-state index in [0.717, 1.165) is 16.1 Å². The topological polar surface area (TPSA) is 92.2 Å². The number of aliphatic imine (C=N–C) groups is 1. The molecule has 0 fully saturated rings. The molecule has 3 aromatic rings. The maximum Gasteiger partial charge on any atom is 0.416 e. The van der Waals surface area contributed by atoms with Gasteiger partial charge in [-0.15, -0.1) is 0 Å². The molecule has 3 aromatic carbocycles. The van der Waals surface area contributed by atoms with Gasteiger partial charge in [0.1, 0.15) is 12.4 Å². The summed E-state index contributed by atoms with van der Waals surface area (Å²) >= 11 is 3.51. The number of hydrogen-bond donors (Lipinski definition) is 3. The molecule has 11 heteroatoms. The average molecular weight is 606 g/mol. The second kappa shape index (κ2) is 12.6. The molecule has 7 nitrogen and oxygen atoms in total. The van der Waals surface area contributed by atoms with Gasteiger partial charge in [-0.3, -0.25) is 10.2 Å². The van der Waals surface area contributed by atoms with Crippen LogP contribution in [0.5, 0.6) is 5.75 Å². The van der Waals surface area contributed by atoms with Gasteiger partial charge in [-0.05, 0) is 47.5 Å². The molecule has 0 saturated carbocycles. The lowest BCUT2D eigenvalue weighted by Gasteiger charge is -2.24. The first-order valence-electron chi connectivity index (χ1n) is 12.2. The van der Waals surface area contributed by atoms with Gasteiger partial charge in [0.25, 0.3) is 5.91 Å². The number of halogens is 4. The molecule has 206 valence electrons. The van der Waals surface area contributed by atoms with Gasteiger partial charge < -0.3 is 14.6 Å². The molecule has 1 aliphatic heterocycles. The van der Waals surface area contributed by atoms with Crippen molar-refractivity contribution in [2.75, 3.05) is 19.8 Å². The minimum atomic E-state index is -4.51. The van der Waals surface area contributed by atoms with Gasteiger partial charge in [-0.25, -0.2) is 10.4 Å². The lowest BCUT2D eigenvalue weighted by Crippen LogP contribution is -2.52. The molecule has 1 aliphatic rings. The van der Waals surface area contributed by atoms with E-state index in [1.54, 1.807) is 24.3 Å². The number of aliphatic hydroxyl groups excluding tert-OH is 1. The summed E-state index contributed by atoms with van der Waals surface area (Å²) in [7, 11) is 0. The normalized spacial score (nSPS) is 16.9. The maximum atomic E-state index is 13.5. The summed E-state index contributed by atoms with van der Waals surface area (Å²) in [5, 5.41) is 8.91. The van der Waals surface area contributed by atoms with Gasteiger partial charge in [-0.1, -0.05) is 52.3 Å².